The van der Waals surface area contributed by atoms with Crippen LogP contribution in [0.2, 0.25) is 0 Å². The topological polar surface area (TPSA) is 64.3 Å². The molecule has 0 saturated carbocycles. The Morgan fingerprint density at radius 1 is 1.23 bits per heavy atom. The molecule has 0 fully saturated rings. The van der Waals surface area contributed by atoms with Crippen molar-refractivity contribution in [2.45, 2.75) is 52.5 Å². The number of hydrogen-bond acceptors (Lipinski definition) is 3. The molecule has 0 heterocycles. The lowest BCUT2D eigenvalue weighted by molar-refractivity contribution is -0.121. The van der Waals surface area contributed by atoms with Gasteiger partial charge in [-0.05, 0) is 44.9 Å². The predicted molar refractivity (Wildman–Crippen MR) is 93.6 cm³/mol. The molecule has 0 spiro atoms. The third kappa shape index (κ3) is 8.25. The van der Waals surface area contributed by atoms with Gasteiger partial charge in [0.25, 0.3) is 0 Å². The molecular formula is C17H29ClN2O2. The third-order valence-corrected chi connectivity index (χ3v) is 3.36. The summed E-state index contributed by atoms with van der Waals surface area (Å²) >= 11 is 0. The van der Waals surface area contributed by atoms with Gasteiger partial charge in [0.05, 0.1) is 6.61 Å². The van der Waals surface area contributed by atoms with Gasteiger partial charge in [0, 0.05) is 18.5 Å². The van der Waals surface area contributed by atoms with E-state index in [9.17, 15) is 4.79 Å². The highest BCUT2D eigenvalue weighted by Gasteiger charge is 2.06. The first-order valence-electron chi connectivity index (χ1n) is 7.86. The van der Waals surface area contributed by atoms with Gasteiger partial charge in [0.2, 0.25) is 5.91 Å². The minimum Gasteiger partial charge on any atom is -0.494 e. The number of unbranched alkanes of at least 4 members (excludes halogenated alkanes) is 3. The van der Waals surface area contributed by atoms with Crippen molar-refractivity contribution in [2.24, 2.45) is 5.73 Å². The normalized spacial score (nSPS) is 9.95. The number of nitrogens with one attached hydrogen (secondary N) is 1. The lowest BCUT2D eigenvalue weighted by atomic mass is 10.1. The fraction of sp³-hybridized carbons (Fsp3) is 0.588. The van der Waals surface area contributed by atoms with Gasteiger partial charge < -0.3 is 15.8 Å². The molecule has 0 aliphatic rings. The number of ether oxygens (including phenoxy) is 1. The number of halogens is 1. The lowest BCUT2D eigenvalue weighted by Gasteiger charge is -2.12. The maximum atomic E-state index is 11.8. The van der Waals surface area contributed by atoms with Gasteiger partial charge in [0.1, 0.15) is 5.75 Å². The molecule has 0 saturated heterocycles. The summed E-state index contributed by atoms with van der Waals surface area (Å²) in [5, 5.41) is 2.96. The molecule has 0 bridgehead atoms. The molecule has 5 heteroatoms. The maximum absolute atomic E-state index is 11.8. The van der Waals surface area contributed by atoms with Gasteiger partial charge in [0.15, 0.2) is 0 Å². The van der Waals surface area contributed by atoms with Crippen LogP contribution in [0.5, 0.6) is 5.75 Å². The zero-order valence-corrected chi connectivity index (χ0v) is 14.5. The van der Waals surface area contributed by atoms with E-state index in [0.717, 1.165) is 49.1 Å². The Morgan fingerprint density at radius 2 is 1.95 bits per heavy atom. The number of benzene rings is 1. The van der Waals surface area contributed by atoms with Crippen molar-refractivity contribution in [3.8, 4) is 5.75 Å². The van der Waals surface area contributed by atoms with Gasteiger partial charge in [-0.3, -0.25) is 4.79 Å². The second-order valence-electron chi connectivity index (χ2n) is 5.27. The number of nitrogens with two attached hydrogens (primary N) is 1. The zero-order valence-electron chi connectivity index (χ0n) is 13.7. The highest BCUT2D eigenvalue weighted by atomic mass is 35.5. The molecule has 0 radical (unpaired) electrons. The Bertz CT molecular complexity index is 439. The minimum absolute atomic E-state index is 0. The van der Waals surface area contributed by atoms with Crippen LogP contribution < -0.4 is 15.8 Å². The summed E-state index contributed by atoms with van der Waals surface area (Å²) < 4.78 is 5.61. The average Bonchev–Trinajstić information content (AvgIpc) is 2.46. The predicted octanol–water partition coefficient (Wildman–Crippen LogP) is 3.34. The van der Waals surface area contributed by atoms with Crippen molar-refractivity contribution in [1.29, 1.82) is 0 Å². The van der Waals surface area contributed by atoms with E-state index in [2.05, 4.69) is 5.32 Å². The van der Waals surface area contributed by atoms with Crippen LogP contribution in [-0.4, -0.2) is 19.1 Å². The smallest absolute Gasteiger partial charge is 0.220 e. The molecule has 1 amide bonds. The van der Waals surface area contributed by atoms with E-state index in [0.29, 0.717) is 19.6 Å². The van der Waals surface area contributed by atoms with Crippen molar-refractivity contribution in [2.75, 3.05) is 13.2 Å². The van der Waals surface area contributed by atoms with Crippen molar-refractivity contribution in [1.82, 2.24) is 5.32 Å². The molecule has 0 atom stereocenters. The quantitative estimate of drug-likeness (QED) is 0.647. The van der Waals surface area contributed by atoms with Gasteiger partial charge in [-0.1, -0.05) is 25.0 Å². The molecule has 1 aromatic rings. The van der Waals surface area contributed by atoms with Gasteiger partial charge in [-0.25, -0.2) is 0 Å². The molecular weight excluding hydrogens is 300 g/mol. The molecule has 0 aromatic heterocycles. The first-order valence-corrected chi connectivity index (χ1v) is 7.86. The molecule has 0 aliphatic heterocycles. The van der Waals surface area contributed by atoms with E-state index >= 15 is 0 Å². The van der Waals surface area contributed by atoms with Crippen LogP contribution in [-0.2, 0) is 11.3 Å². The van der Waals surface area contributed by atoms with E-state index < -0.39 is 0 Å². The highest BCUT2D eigenvalue weighted by molar-refractivity contribution is 5.85. The summed E-state index contributed by atoms with van der Waals surface area (Å²) in [4.78, 5) is 11.8. The molecule has 3 N–H and O–H groups in total. The largest absolute Gasteiger partial charge is 0.494 e. The minimum atomic E-state index is 0. The van der Waals surface area contributed by atoms with Crippen LogP contribution in [0.1, 0.15) is 50.2 Å². The molecule has 0 unspecified atom stereocenters. The molecule has 4 nitrogen and oxygen atoms in total. The maximum Gasteiger partial charge on any atom is 0.220 e. The summed E-state index contributed by atoms with van der Waals surface area (Å²) in [5.74, 6) is 0.964. The SMILES string of the molecule is CCOc1cc(C)ccc1CNC(=O)CCCCCCN.Cl. The van der Waals surface area contributed by atoms with E-state index in [1.165, 1.54) is 0 Å². The van der Waals surface area contributed by atoms with Crippen LogP contribution in [0.25, 0.3) is 0 Å². The monoisotopic (exact) mass is 328 g/mol. The number of rotatable bonds is 10. The Kier molecular flexibility index (Phi) is 11.6. The van der Waals surface area contributed by atoms with E-state index in [1.54, 1.807) is 0 Å². The van der Waals surface area contributed by atoms with E-state index in [4.69, 9.17) is 10.5 Å². The van der Waals surface area contributed by atoms with Crippen LogP contribution >= 0.6 is 12.4 Å². The third-order valence-electron chi connectivity index (χ3n) is 3.36. The Balaban J connectivity index is 0.00000441. The van der Waals surface area contributed by atoms with Crippen molar-refractivity contribution in [3.63, 3.8) is 0 Å². The lowest BCUT2D eigenvalue weighted by Crippen LogP contribution is -2.22. The summed E-state index contributed by atoms with van der Waals surface area (Å²) in [6, 6.07) is 6.07. The number of aryl methyl sites for hydroxylation is 1. The average molecular weight is 329 g/mol. The first-order chi connectivity index (χ1) is 10.2. The Morgan fingerprint density at radius 3 is 2.64 bits per heavy atom. The zero-order chi connectivity index (χ0) is 15.5. The van der Waals surface area contributed by atoms with Crippen LogP contribution in [0.3, 0.4) is 0 Å². The summed E-state index contributed by atoms with van der Waals surface area (Å²) in [6.45, 7) is 5.89. The summed E-state index contributed by atoms with van der Waals surface area (Å²) in [5.41, 5.74) is 7.63. The number of carbonyl (C=O) groups is 1. The molecule has 1 aromatic carbocycles. The number of carbonyl (C=O) groups excluding carboxylic acids is 1. The van der Waals surface area contributed by atoms with Crippen molar-refractivity contribution >= 4 is 18.3 Å². The molecule has 0 aliphatic carbocycles. The van der Waals surface area contributed by atoms with E-state index in [1.807, 2.05) is 32.0 Å². The number of amides is 1. The van der Waals surface area contributed by atoms with Crippen LogP contribution in [0.15, 0.2) is 18.2 Å². The van der Waals surface area contributed by atoms with Gasteiger partial charge in [-0.2, -0.15) is 0 Å². The van der Waals surface area contributed by atoms with Gasteiger partial charge in [-0.15, -0.1) is 12.4 Å². The standard InChI is InChI=1S/C17H28N2O2.ClH/c1-3-21-16-12-14(2)9-10-15(16)13-19-17(20)8-6-4-5-7-11-18;/h9-10,12H,3-8,11,13,18H2,1-2H3,(H,19,20);1H. The van der Waals surface area contributed by atoms with Crippen LogP contribution in [0.4, 0.5) is 0 Å². The van der Waals surface area contributed by atoms with Crippen molar-refractivity contribution < 1.29 is 9.53 Å². The highest BCUT2D eigenvalue weighted by Crippen LogP contribution is 2.20. The second-order valence-corrected chi connectivity index (χ2v) is 5.27. The molecule has 22 heavy (non-hydrogen) atoms. The molecule has 126 valence electrons. The first kappa shape index (κ1) is 20.7. The van der Waals surface area contributed by atoms with Crippen LogP contribution in [0, 0.1) is 6.92 Å². The fourth-order valence-corrected chi connectivity index (χ4v) is 2.16. The van der Waals surface area contributed by atoms with Crippen molar-refractivity contribution in [3.05, 3.63) is 29.3 Å². The second kappa shape index (κ2) is 12.3. The Labute approximate surface area is 140 Å². The summed E-state index contributed by atoms with van der Waals surface area (Å²) in [6.07, 6.45) is 4.73. The van der Waals surface area contributed by atoms with E-state index in [-0.39, 0.29) is 18.3 Å². The summed E-state index contributed by atoms with van der Waals surface area (Å²) in [7, 11) is 0. The fourth-order valence-electron chi connectivity index (χ4n) is 2.16. The number of hydrogen-bond donors (Lipinski definition) is 2. The Hall–Kier alpha value is -1.26. The molecule has 1 rings (SSSR count). The van der Waals surface area contributed by atoms with Gasteiger partial charge >= 0.3 is 0 Å².